The van der Waals surface area contributed by atoms with Crippen LogP contribution in [-0.2, 0) is 4.79 Å². The minimum absolute atomic E-state index is 0.280. The quantitative estimate of drug-likeness (QED) is 0.503. The highest BCUT2D eigenvalue weighted by atomic mass is 16.4. The van der Waals surface area contributed by atoms with Crippen molar-refractivity contribution in [3.63, 3.8) is 0 Å². The highest BCUT2D eigenvalue weighted by Gasteiger charge is 2.04. The summed E-state index contributed by atoms with van der Waals surface area (Å²) in [6, 6.07) is 4.99. The highest BCUT2D eigenvalue weighted by molar-refractivity contribution is 5.96. The van der Waals surface area contributed by atoms with E-state index in [-0.39, 0.29) is 5.57 Å². The van der Waals surface area contributed by atoms with Gasteiger partial charge in [0.2, 0.25) is 0 Å². The molecule has 0 aliphatic rings. The van der Waals surface area contributed by atoms with Gasteiger partial charge in [-0.3, -0.25) is 0 Å². The van der Waals surface area contributed by atoms with E-state index >= 15 is 0 Å². The molecule has 1 rings (SSSR count). The van der Waals surface area contributed by atoms with E-state index in [1.807, 2.05) is 0 Å². The van der Waals surface area contributed by atoms with Crippen molar-refractivity contribution in [1.82, 2.24) is 4.98 Å². The number of hydrogen-bond acceptors (Lipinski definition) is 2. The summed E-state index contributed by atoms with van der Waals surface area (Å²) in [4.78, 5) is 13.1. The van der Waals surface area contributed by atoms with Crippen LogP contribution in [-0.4, -0.2) is 16.1 Å². The third-order valence-electron chi connectivity index (χ3n) is 1.27. The number of aliphatic carboxylic acids is 1. The molecule has 0 aliphatic carbocycles. The Hall–Kier alpha value is -2.02. The molecule has 4 nitrogen and oxygen atoms in total. The summed E-state index contributed by atoms with van der Waals surface area (Å²) >= 11 is 0. The van der Waals surface area contributed by atoms with Crippen LogP contribution in [0.4, 0.5) is 0 Å². The molecule has 0 atom stereocenters. The van der Waals surface area contributed by atoms with Crippen molar-refractivity contribution in [2.75, 3.05) is 0 Å². The Bertz CT molecular complexity index is 344. The molecule has 0 spiro atoms. The van der Waals surface area contributed by atoms with Crippen molar-refractivity contribution >= 4 is 12.0 Å². The summed E-state index contributed by atoms with van der Waals surface area (Å²) in [6.45, 7) is 0. The van der Waals surface area contributed by atoms with Crippen LogP contribution < -0.4 is 0 Å². The number of rotatable bonds is 2. The zero-order chi connectivity index (χ0) is 8.97. The van der Waals surface area contributed by atoms with Crippen LogP contribution in [0.25, 0.3) is 6.08 Å². The first-order chi connectivity index (χ1) is 5.74. The lowest BCUT2D eigenvalue weighted by molar-refractivity contribution is -0.132. The molecule has 0 unspecified atom stereocenters. The van der Waals surface area contributed by atoms with Crippen LogP contribution in [0.1, 0.15) is 5.69 Å². The van der Waals surface area contributed by atoms with E-state index in [9.17, 15) is 4.79 Å². The van der Waals surface area contributed by atoms with Crippen molar-refractivity contribution in [3.05, 3.63) is 29.6 Å². The Morgan fingerprint density at radius 1 is 1.75 bits per heavy atom. The maximum Gasteiger partial charge on any atom is 0.346 e. The van der Waals surface area contributed by atoms with E-state index in [0.717, 1.165) is 0 Å². The van der Waals surface area contributed by atoms with Gasteiger partial charge in [0.25, 0.3) is 0 Å². The number of H-pyrrole nitrogens is 1. The molecular formula is C8H6N2O2. The molecule has 0 bridgehead atoms. The maximum absolute atomic E-state index is 10.4. The van der Waals surface area contributed by atoms with Crippen molar-refractivity contribution in [3.8, 4) is 6.07 Å². The molecule has 0 fully saturated rings. The van der Waals surface area contributed by atoms with Crippen LogP contribution in [0.5, 0.6) is 0 Å². The van der Waals surface area contributed by atoms with E-state index in [4.69, 9.17) is 10.4 Å². The molecule has 2 N–H and O–H groups in total. The summed E-state index contributed by atoms with van der Waals surface area (Å²) in [6.07, 6.45) is 2.94. The van der Waals surface area contributed by atoms with Gasteiger partial charge in [0.15, 0.2) is 0 Å². The standard InChI is InChI=1S/C8H6N2O2/c9-5-6(8(11)12)4-7-2-1-3-10-7/h1-4,10H,(H,11,12)/b6-4-. The normalized spacial score (nSPS) is 10.8. The fourth-order valence-corrected chi connectivity index (χ4v) is 0.731. The first kappa shape index (κ1) is 8.08. The molecule has 0 saturated heterocycles. The Kier molecular flexibility index (Phi) is 2.29. The number of carboxylic acid groups (broad SMARTS) is 1. The predicted octanol–water partition coefficient (Wildman–Crippen LogP) is 1.01. The summed E-state index contributed by atoms with van der Waals surface area (Å²) in [5.41, 5.74) is 0.325. The second kappa shape index (κ2) is 3.39. The van der Waals surface area contributed by atoms with Crippen molar-refractivity contribution < 1.29 is 9.90 Å². The first-order valence-corrected chi connectivity index (χ1v) is 3.22. The third-order valence-corrected chi connectivity index (χ3v) is 1.27. The van der Waals surface area contributed by atoms with Crippen LogP contribution in [0, 0.1) is 11.3 Å². The molecule has 0 saturated carbocycles. The molecule has 4 heteroatoms. The average molecular weight is 162 g/mol. The summed E-state index contributed by atoms with van der Waals surface area (Å²) in [7, 11) is 0. The molecule has 1 heterocycles. The Morgan fingerprint density at radius 2 is 2.50 bits per heavy atom. The number of nitrogens with zero attached hydrogens (tertiary/aromatic N) is 1. The maximum atomic E-state index is 10.4. The highest BCUT2D eigenvalue weighted by Crippen LogP contribution is 2.02. The lowest BCUT2D eigenvalue weighted by Crippen LogP contribution is -1.97. The number of hydrogen-bond donors (Lipinski definition) is 2. The van der Waals surface area contributed by atoms with Crippen LogP contribution in [0.15, 0.2) is 23.9 Å². The molecule has 0 aromatic carbocycles. The first-order valence-electron chi connectivity index (χ1n) is 3.22. The molecule has 0 amide bonds. The van der Waals surface area contributed by atoms with Crippen LogP contribution >= 0.6 is 0 Å². The molecule has 0 radical (unpaired) electrons. The monoisotopic (exact) mass is 162 g/mol. The average Bonchev–Trinajstić information content (AvgIpc) is 2.51. The van der Waals surface area contributed by atoms with E-state index in [1.165, 1.54) is 6.08 Å². The third kappa shape index (κ3) is 1.73. The Balaban J connectivity index is 2.95. The lowest BCUT2D eigenvalue weighted by atomic mass is 10.2. The van der Waals surface area contributed by atoms with Crippen LogP contribution in [0.3, 0.4) is 0 Å². The largest absolute Gasteiger partial charge is 0.477 e. The van der Waals surface area contributed by atoms with Gasteiger partial charge in [0.05, 0.1) is 0 Å². The molecule has 1 aromatic heterocycles. The minimum Gasteiger partial charge on any atom is -0.477 e. The van der Waals surface area contributed by atoms with Gasteiger partial charge in [-0.1, -0.05) is 0 Å². The van der Waals surface area contributed by atoms with Gasteiger partial charge in [-0.2, -0.15) is 5.26 Å². The number of nitrogens with one attached hydrogen (secondary N) is 1. The van der Waals surface area contributed by atoms with Gasteiger partial charge in [0.1, 0.15) is 11.6 Å². The number of aromatic amines is 1. The summed E-state index contributed by atoms with van der Waals surface area (Å²) < 4.78 is 0. The second-order valence-corrected chi connectivity index (χ2v) is 2.10. The van der Waals surface area contributed by atoms with Gasteiger partial charge in [-0.15, -0.1) is 0 Å². The van der Waals surface area contributed by atoms with Gasteiger partial charge >= 0.3 is 5.97 Å². The molecular weight excluding hydrogens is 156 g/mol. The topological polar surface area (TPSA) is 76.9 Å². The summed E-state index contributed by atoms with van der Waals surface area (Å²) in [5.74, 6) is -1.22. The smallest absolute Gasteiger partial charge is 0.346 e. The molecule has 1 aromatic rings. The van der Waals surface area contributed by atoms with Gasteiger partial charge in [-0.05, 0) is 18.2 Å². The fourth-order valence-electron chi connectivity index (χ4n) is 0.731. The SMILES string of the molecule is N#C/C(=C/c1ccc[nH]1)C(=O)O. The van der Waals surface area contributed by atoms with Gasteiger partial charge < -0.3 is 10.1 Å². The second-order valence-electron chi connectivity index (χ2n) is 2.10. The molecule has 12 heavy (non-hydrogen) atoms. The molecule has 0 aliphatic heterocycles. The number of aromatic nitrogens is 1. The van der Waals surface area contributed by atoms with E-state index in [2.05, 4.69) is 4.98 Å². The Morgan fingerprint density at radius 3 is 2.92 bits per heavy atom. The van der Waals surface area contributed by atoms with Crippen molar-refractivity contribution in [1.29, 1.82) is 5.26 Å². The van der Waals surface area contributed by atoms with Gasteiger partial charge in [0, 0.05) is 11.9 Å². The van der Waals surface area contributed by atoms with E-state index in [0.29, 0.717) is 5.69 Å². The van der Waals surface area contributed by atoms with E-state index < -0.39 is 5.97 Å². The Labute approximate surface area is 68.8 Å². The van der Waals surface area contributed by atoms with Gasteiger partial charge in [-0.25, -0.2) is 4.79 Å². The van der Waals surface area contributed by atoms with E-state index in [1.54, 1.807) is 24.4 Å². The number of carbonyl (C=O) groups is 1. The zero-order valence-corrected chi connectivity index (χ0v) is 6.11. The summed E-state index contributed by atoms with van der Waals surface area (Å²) in [5, 5.41) is 16.8. The number of carboxylic acids is 1. The fraction of sp³-hybridized carbons (Fsp3) is 0. The number of nitriles is 1. The van der Waals surface area contributed by atoms with Crippen molar-refractivity contribution in [2.45, 2.75) is 0 Å². The molecule has 60 valence electrons. The van der Waals surface area contributed by atoms with Crippen LogP contribution in [0.2, 0.25) is 0 Å². The minimum atomic E-state index is -1.22. The van der Waals surface area contributed by atoms with Crippen molar-refractivity contribution in [2.24, 2.45) is 0 Å². The predicted molar refractivity (Wildman–Crippen MR) is 42.0 cm³/mol. The lowest BCUT2D eigenvalue weighted by Gasteiger charge is -1.87. The zero-order valence-electron chi connectivity index (χ0n) is 6.11.